The predicted octanol–water partition coefficient (Wildman–Crippen LogP) is 5.33. The quantitative estimate of drug-likeness (QED) is 0.356. The molecule has 0 aromatic carbocycles. The van der Waals surface area contributed by atoms with Gasteiger partial charge in [-0.3, -0.25) is 4.79 Å². The lowest BCUT2D eigenvalue weighted by Gasteiger charge is -2.02. The normalized spacial score (nSPS) is 10.5. The molecule has 0 unspecified atom stereocenters. The Morgan fingerprint density at radius 3 is 1.44 bits per heavy atom. The van der Waals surface area contributed by atoms with E-state index < -0.39 is 5.97 Å². The van der Waals surface area contributed by atoms with Gasteiger partial charge in [0, 0.05) is 6.42 Å². The fourth-order valence-corrected chi connectivity index (χ4v) is 2.12. The number of aliphatic carboxylic acids is 1. The SMILES string of the molecule is C=C(C)CCCCCCCCCCCCC(=O)O. The first kappa shape index (κ1) is 17.2. The number of unbranched alkanes of at least 4 members (excludes halogenated alkanes) is 9. The zero-order chi connectivity index (χ0) is 13.6. The summed E-state index contributed by atoms with van der Waals surface area (Å²) in [5.74, 6) is -0.662. The average molecular weight is 254 g/mol. The molecule has 2 nitrogen and oxygen atoms in total. The molecule has 0 aliphatic rings. The van der Waals surface area contributed by atoms with Gasteiger partial charge in [0.1, 0.15) is 0 Å². The van der Waals surface area contributed by atoms with Crippen molar-refractivity contribution in [3.63, 3.8) is 0 Å². The molecule has 0 amide bonds. The molecule has 0 aliphatic carbocycles. The highest BCUT2D eigenvalue weighted by Crippen LogP contribution is 2.13. The third-order valence-corrected chi connectivity index (χ3v) is 3.24. The first-order valence-corrected chi connectivity index (χ1v) is 7.49. The van der Waals surface area contributed by atoms with E-state index in [0.29, 0.717) is 6.42 Å². The molecule has 2 heteroatoms. The summed E-state index contributed by atoms with van der Waals surface area (Å²) in [5.41, 5.74) is 1.30. The summed E-state index contributed by atoms with van der Waals surface area (Å²) in [6.07, 6.45) is 13.9. The Bertz CT molecular complexity index is 197. The number of allylic oxidation sites excluding steroid dienone is 1. The molecule has 0 fully saturated rings. The molecule has 0 saturated carbocycles. The average Bonchev–Trinajstić information content (AvgIpc) is 2.29. The van der Waals surface area contributed by atoms with E-state index in [1.54, 1.807) is 0 Å². The van der Waals surface area contributed by atoms with Crippen molar-refractivity contribution in [3.05, 3.63) is 12.2 Å². The predicted molar refractivity (Wildman–Crippen MR) is 77.9 cm³/mol. The molecule has 0 heterocycles. The van der Waals surface area contributed by atoms with E-state index in [2.05, 4.69) is 13.5 Å². The summed E-state index contributed by atoms with van der Waals surface area (Å²) in [6, 6.07) is 0. The molecule has 0 radical (unpaired) electrons. The topological polar surface area (TPSA) is 37.3 Å². The highest BCUT2D eigenvalue weighted by Gasteiger charge is 1.96. The van der Waals surface area contributed by atoms with Crippen LogP contribution in [-0.4, -0.2) is 11.1 Å². The summed E-state index contributed by atoms with van der Waals surface area (Å²) >= 11 is 0. The zero-order valence-corrected chi connectivity index (χ0v) is 12.0. The standard InChI is InChI=1S/C16H30O2/c1-15(2)13-11-9-7-5-3-4-6-8-10-12-14-16(17)18/h1,3-14H2,2H3,(H,17,18). The molecule has 1 N–H and O–H groups in total. The summed E-state index contributed by atoms with van der Waals surface area (Å²) in [5, 5.41) is 8.49. The molecule has 0 rings (SSSR count). The summed E-state index contributed by atoms with van der Waals surface area (Å²) in [4.78, 5) is 10.3. The van der Waals surface area contributed by atoms with Gasteiger partial charge in [-0.2, -0.15) is 0 Å². The zero-order valence-electron chi connectivity index (χ0n) is 12.0. The second kappa shape index (κ2) is 12.7. The fraction of sp³-hybridized carbons (Fsp3) is 0.812. The Balaban J connectivity index is 2.99. The van der Waals surface area contributed by atoms with Gasteiger partial charge >= 0.3 is 5.97 Å². The Hall–Kier alpha value is -0.790. The van der Waals surface area contributed by atoms with E-state index in [1.807, 2.05) is 0 Å². The van der Waals surface area contributed by atoms with E-state index in [4.69, 9.17) is 5.11 Å². The number of carboxylic acids is 1. The van der Waals surface area contributed by atoms with Crippen LogP contribution in [-0.2, 0) is 4.79 Å². The van der Waals surface area contributed by atoms with Crippen molar-refractivity contribution < 1.29 is 9.90 Å². The molecule has 18 heavy (non-hydrogen) atoms. The van der Waals surface area contributed by atoms with Gasteiger partial charge in [0.25, 0.3) is 0 Å². The molecule has 0 atom stereocenters. The number of rotatable bonds is 13. The number of hydrogen-bond donors (Lipinski definition) is 1. The summed E-state index contributed by atoms with van der Waals surface area (Å²) in [7, 11) is 0. The van der Waals surface area contributed by atoms with E-state index in [0.717, 1.165) is 12.8 Å². The highest BCUT2D eigenvalue weighted by molar-refractivity contribution is 5.66. The van der Waals surface area contributed by atoms with Crippen LogP contribution >= 0.6 is 0 Å². The molecule has 0 bridgehead atoms. The van der Waals surface area contributed by atoms with Crippen LogP contribution in [0.3, 0.4) is 0 Å². The van der Waals surface area contributed by atoms with Crippen LogP contribution < -0.4 is 0 Å². The highest BCUT2D eigenvalue weighted by atomic mass is 16.4. The van der Waals surface area contributed by atoms with E-state index >= 15 is 0 Å². The van der Waals surface area contributed by atoms with Crippen LogP contribution in [0, 0.1) is 0 Å². The molecule has 0 aromatic rings. The van der Waals surface area contributed by atoms with E-state index in [1.165, 1.54) is 63.4 Å². The van der Waals surface area contributed by atoms with E-state index in [-0.39, 0.29) is 0 Å². The molecule has 0 aliphatic heterocycles. The molecule has 106 valence electrons. The largest absolute Gasteiger partial charge is 0.481 e. The van der Waals surface area contributed by atoms with Crippen molar-refractivity contribution in [2.45, 2.75) is 84.0 Å². The first-order valence-electron chi connectivity index (χ1n) is 7.49. The number of carbonyl (C=O) groups is 1. The third kappa shape index (κ3) is 15.2. The van der Waals surface area contributed by atoms with Crippen LogP contribution in [0.1, 0.15) is 84.0 Å². The van der Waals surface area contributed by atoms with Gasteiger partial charge < -0.3 is 5.11 Å². The maximum absolute atomic E-state index is 10.3. The Labute approximate surface area is 112 Å². The van der Waals surface area contributed by atoms with Crippen molar-refractivity contribution in [2.75, 3.05) is 0 Å². The van der Waals surface area contributed by atoms with Gasteiger partial charge in [-0.05, 0) is 26.2 Å². The third-order valence-electron chi connectivity index (χ3n) is 3.24. The number of hydrogen-bond acceptors (Lipinski definition) is 1. The van der Waals surface area contributed by atoms with Crippen LogP contribution in [0.2, 0.25) is 0 Å². The maximum Gasteiger partial charge on any atom is 0.303 e. The summed E-state index contributed by atoms with van der Waals surface area (Å²) < 4.78 is 0. The minimum atomic E-state index is -0.662. The van der Waals surface area contributed by atoms with Crippen molar-refractivity contribution in [1.82, 2.24) is 0 Å². The van der Waals surface area contributed by atoms with Crippen LogP contribution in [0.25, 0.3) is 0 Å². The molecular formula is C16H30O2. The minimum Gasteiger partial charge on any atom is -0.481 e. The van der Waals surface area contributed by atoms with Gasteiger partial charge in [-0.1, -0.05) is 56.9 Å². The summed E-state index contributed by atoms with van der Waals surface area (Å²) in [6.45, 7) is 6.01. The van der Waals surface area contributed by atoms with E-state index in [9.17, 15) is 4.79 Å². The molecule has 0 aromatic heterocycles. The Morgan fingerprint density at radius 1 is 0.778 bits per heavy atom. The van der Waals surface area contributed by atoms with Crippen molar-refractivity contribution >= 4 is 5.97 Å². The van der Waals surface area contributed by atoms with Crippen LogP contribution in [0.15, 0.2) is 12.2 Å². The second-order valence-corrected chi connectivity index (χ2v) is 5.39. The fourth-order valence-electron chi connectivity index (χ4n) is 2.12. The van der Waals surface area contributed by atoms with Crippen LogP contribution in [0.4, 0.5) is 0 Å². The maximum atomic E-state index is 10.3. The minimum absolute atomic E-state index is 0.336. The van der Waals surface area contributed by atoms with Gasteiger partial charge in [-0.25, -0.2) is 0 Å². The Kier molecular flexibility index (Phi) is 12.1. The first-order chi connectivity index (χ1) is 8.63. The molecular weight excluding hydrogens is 224 g/mol. The van der Waals surface area contributed by atoms with Crippen molar-refractivity contribution in [1.29, 1.82) is 0 Å². The van der Waals surface area contributed by atoms with Gasteiger partial charge in [0.05, 0.1) is 0 Å². The van der Waals surface area contributed by atoms with Gasteiger partial charge in [0.2, 0.25) is 0 Å². The second-order valence-electron chi connectivity index (χ2n) is 5.39. The van der Waals surface area contributed by atoms with Gasteiger partial charge in [-0.15, -0.1) is 6.58 Å². The van der Waals surface area contributed by atoms with Crippen LogP contribution in [0.5, 0.6) is 0 Å². The molecule has 0 spiro atoms. The lowest BCUT2D eigenvalue weighted by molar-refractivity contribution is -0.137. The Morgan fingerprint density at radius 2 is 1.11 bits per heavy atom. The molecule has 0 saturated heterocycles. The number of carboxylic acid groups (broad SMARTS) is 1. The lowest BCUT2D eigenvalue weighted by Crippen LogP contribution is -1.93. The van der Waals surface area contributed by atoms with Gasteiger partial charge in [0.15, 0.2) is 0 Å². The van der Waals surface area contributed by atoms with Crippen molar-refractivity contribution in [3.8, 4) is 0 Å². The van der Waals surface area contributed by atoms with Crippen molar-refractivity contribution in [2.24, 2.45) is 0 Å². The lowest BCUT2D eigenvalue weighted by atomic mass is 10.0. The smallest absolute Gasteiger partial charge is 0.303 e. The monoisotopic (exact) mass is 254 g/mol.